The number of hydrogen-bond donors (Lipinski definition) is 0. The van der Waals surface area contributed by atoms with Crippen molar-refractivity contribution in [2.75, 3.05) is 0 Å². The molecule has 0 bridgehead atoms. The molecule has 0 N–H and O–H groups in total. The van der Waals surface area contributed by atoms with E-state index in [0.717, 1.165) is 0 Å². The summed E-state index contributed by atoms with van der Waals surface area (Å²) in [6.07, 6.45) is 2.34. The first-order valence-corrected chi connectivity index (χ1v) is 7.43. The van der Waals surface area contributed by atoms with Crippen molar-refractivity contribution in [2.45, 2.75) is 39.6 Å². The highest BCUT2D eigenvalue weighted by atomic mass is 16.7. The molecule has 0 radical (unpaired) electrons. The predicted octanol–water partition coefficient (Wildman–Crippen LogP) is 4.34. The third kappa shape index (κ3) is 6.56. The van der Waals surface area contributed by atoms with Gasteiger partial charge in [0.05, 0.1) is 18.8 Å². The van der Waals surface area contributed by atoms with Crippen LogP contribution in [0.5, 0.6) is 17.2 Å². The van der Waals surface area contributed by atoms with Crippen LogP contribution < -0.4 is 14.2 Å². The largest absolute Gasteiger partial charge is 0.463 e. The van der Waals surface area contributed by atoms with Crippen LogP contribution in [-0.4, -0.2) is 18.9 Å². The van der Waals surface area contributed by atoms with Crippen LogP contribution in [0.3, 0.4) is 0 Å². The van der Waals surface area contributed by atoms with Gasteiger partial charge < -0.3 is 28.4 Å². The Bertz CT molecular complexity index is 542. The molecule has 0 aromatic heterocycles. The fourth-order valence-corrected chi connectivity index (χ4v) is 1.79. The molecule has 0 saturated heterocycles. The topological polar surface area (TPSA) is 55.4 Å². The highest BCUT2D eigenvalue weighted by Gasteiger charge is 2.15. The summed E-state index contributed by atoms with van der Waals surface area (Å²) in [6, 6.07) is 5.10. The number of hydrogen-bond acceptors (Lipinski definition) is 6. The van der Waals surface area contributed by atoms with E-state index in [9.17, 15) is 0 Å². The molecular formula is C18H24O6. The van der Waals surface area contributed by atoms with Crippen molar-refractivity contribution in [3.63, 3.8) is 0 Å². The van der Waals surface area contributed by atoms with Crippen LogP contribution in [0.1, 0.15) is 20.8 Å². The van der Waals surface area contributed by atoms with Crippen LogP contribution in [0.4, 0.5) is 0 Å². The smallest absolute Gasteiger partial charge is 0.237 e. The highest BCUT2D eigenvalue weighted by Crippen LogP contribution is 2.34. The first kappa shape index (κ1) is 19.3. The van der Waals surface area contributed by atoms with Crippen LogP contribution >= 0.6 is 0 Å². The summed E-state index contributed by atoms with van der Waals surface area (Å²) in [5, 5.41) is 0. The molecule has 132 valence electrons. The molecule has 3 unspecified atom stereocenters. The number of ether oxygens (including phenoxy) is 6. The van der Waals surface area contributed by atoms with Gasteiger partial charge >= 0.3 is 0 Å². The van der Waals surface area contributed by atoms with Gasteiger partial charge in [-0.3, -0.25) is 0 Å². The Morgan fingerprint density at radius 1 is 0.708 bits per heavy atom. The molecule has 1 aromatic rings. The van der Waals surface area contributed by atoms with Crippen molar-refractivity contribution in [2.24, 2.45) is 0 Å². The molecule has 0 heterocycles. The normalized spacial score (nSPS) is 13.6. The van der Waals surface area contributed by atoms with Gasteiger partial charge in [-0.25, -0.2) is 0 Å². The minimum atomic E-state index is -0.558. The molecule has 0 aliphatic carbocycles. The lowest BCUT2D eigenvalue weighted by atomic mass is 10.3. The van der Waals surface area contributed by atoms with Crippen molar-refractivity contribution >= 4 is 0 Å². The number of benzene rings is 1. The first-order chi connectivity index (χ1) is 11.5. The molecule has 0 spiro atoms. The average Bonchev–Trinajstić information content (AvgIpc) is 2.50. The van der Waals surface area contributed by atoms with Gasteiger partial charge in [-0.1, -0.05) is 19.7 Å². The number of rotatable bonds is 12. The molecule has 24 heavy (non-hydrogen) atoms. The van der Waals surface area contributed by atoms with Gasteiger partial charge in [-0.15, -0.1) is 0 Å². The summed E-state index contributed by atoms with van der Waals surface area (Å²) < 4.78 is 32.4. The summed E-state index contributed by atoms with van der Waals surface area (Å²) in [7, 11) is 0. The molecule has 1 aromatic carbocycles. The van der Waals surface area contributed by atoms with E-state index in [1.165, 1.54) is 18.8 Å². The molecule has 6 heteroatoms. The second kappa shape index (κ2) is 10.1. The van der Waals surface area contributed by atoms with E-state index in [0.29, 0.717) is 17.2 Å². The minimum absolute atomic E-state index is 0.423. The zero-order valence-corrected chi connectivity index (χ0v) is 14.3. The lowest BCUT2D eigenvalue weighted by Crippen LogP contribution is -2.17. The summed E-state index contributed by atoms with van der Waals surface area (Å²) in [5.74, 6) is 1.43. The summed E-state index contributed by atoms with van der Waals surface area (Å²) in [5.41, 5.74) is 0. The SMILES string of the molecule is C=COC(C)Oc1ccc(OC(C)OC=C)c(OC(C)OC=C)c1. The monoisotopic (exact) mass is 336 g/mol. The van der Waals surface area contributed by atoms with Gasteiger partial charge in [0.25, 0.3) is 0 Å². The highest BCUT2D eigenvalue weighted by molar-refractivity contribution is 5.45. The third-order valence-electron chi connectivity index (χ3n) is 2.67. The molecule has 0 saturated carbocycles. The van der Waals surface area contributed by atoms with Crippen molar-refractivity contribution in [1.82, 2.24) is 0 Å². The third-order valence-corrected chi connectivity index (χ3v) is 2.67. The summed E-state index contributed by atoms with van der Waals surface area (Å²) in [4.78, 5) is 0. The fourth-order valence-electron chi connectivity index (χ4n) is 1.79. The summed E-state index contributed by atoms with van der Waals surface area (Å²) in [6.45, 7) is 15.7. The van der Waals surface area contributed by atoms with Crippen LogP contribution in [0, 0.1) is 0 Å². The van der Waals surface area contributed by atoms with E-state index in [1.54, 1.807) is 39.0 Å². The standard InChI is InChI=1S/C18H24O6/c1-7-19-13(4)22-16-10-11-17(23-14(5)20-8-2)18(12-16)24-15(6)21-9-3/h7-15H,1-3H2,4-6H3. The Hall–Kier alpha value is -2.76. The Morgan fingerprint density at radius 2 is 1.17 bits per heavy atom. The fraction of sp³-hybridized carbons (Fsp3) is 0.333. The molecule has 0 aliphatic rings. The van der Waals surface area contributed by atoms with Crippen LogP contribution in [0.15, 0.2) is 56.7 Å². The minimum Gasteiger partial charge on any atom is -0.463 e. The van der Waals surface area contributed by atoms with Crippen LogP contribution in [-0.2, 0) is 14.2 Å². The van der Waals surface area contributed by atoms with Gasteiger partial charge in [0, 0.05) is 26.8 Å². The van der Waals surface area contributed by atoms with Gasteiger partial charge in [0.1, 0.15) is 5.75 Å². The maximum absolute atomic E-state index is 5.71. The lowest BCUT2D eigenvalue weighted by Gasteiger charge is -2.21. The van der Waals surface area contributed by atoms with E-state index in [1.807, 2.05) is 0 Å². The Kier molecular flexibility index (Phi) is 8.11. The van der Waals surface area contributed by atoms with Crippen molar-refractivity contribution in [1.29, 1.82) is 0 Å². The van der Waals surface area contributed by atoms with Gasteiger partial charge in [-0.05, 0) is 12.1 Å². The molecule has 0 fully saturated rings. The lowest BCUT2D eigenvalue weighted by molar-refractivity contribution is -0.0335. The molecule has 1 rings (SSSR count). The van der Waals surface area contributed by atoms with E-state index < -0.39 is 18.9 Å². The molecule has 0 amide bonds. The molecule has 3 atom stereocenters. The molecule has 0 aliphatic heterocycles. The maximum Gasteiger partial charge on any atom is 0.237 e. The van der Waals surface area contributed by atoms with Crippen molar-refractivity contribution < 1.29 is 28.4 Å². The van der Waals surface area contributed by atoms with Crippen molar-refractivity contribution in [3.05, 3.63) is 56.7 Å². The summed E-state index contributed by atoms with van der Waals surface area (Å²) >= 11 is 0. The maximum atomic E-state index is 5.71. The Labute approximate surface area is 142 Å². The zero-order chi connectivity index (χ0) is 17.9. The van der Waals surface area contributed by atoms with Crippen LogP contribution in [0.2, 0.25) is 0 Å². The quantitative estimate of drug-likeness (QED) is 0.418. The van der Waals surface area contributed by atoms with Gasteiger partial charge in [-0.2, -0.15) is 0 Å². The van der Waals surface area contributed by atoms with E-state index >= 15 is 0 Å². The van der Waals surface area contributed by atoms with Crippen molar-refractivity contribution in [3.8, 4) is 17.2 Å². The van der Waals surface area contributed by atoms with E-state index in [-0.39, 0.29) is 0 Å². The Balaban J connectivity index is 2.97. The zero-order valence-electron chi connectivity index (χ0n) is 14.3. The van der Waals surface area contributed by atoms with Gasteiger partial charge in [0.2, 0.25) is 18.9 Å². The molecular weight excluding hydrogens is 312 g/mol. The molecule has 6 nitrogen and oxygen atoms in total. The Morgan fingerprint density at radius 3 is 1.67 bits per heavy atom. The van der Waals surface area contributed by atoms with E-state index in [2.05, 4.69) is 19.7 Å². The first-order valence-electron chi connectivity index (χ1n) is 7.43. The van der Waals surface area contributed by atoms with E-state index in [4.69, 9.17) is 28.4 Å². The second-order valence-electron chi connectivity index (χ2n) is 4.57. The van der Waals surface area contributed by atoms with Gasteiger partial charge in [0.15, 0.2) is 11.5 Å². The van der Waals surface area contributed by atoms with Crippen LogP contribution in [0.25, 0.3) is 0 Å². The average molecular weight is 336 g/mol. The second-order valence-corrected chi connectivity index (χ2v) is 4.57. The predicted molar refractivity (Wildman–Crippen MR) is 90.6 cm³/mol.